The third-order valence-electron chi connectivity index (χ3n) is 4.49. The smallest absolute Gasteiger partial charge is 0.217 e. The lowest BCUT2D eigenvalue weighted by molar-refractivity contribution is -0.120. The Kier molecular flexibility index (Phi) is 4.22. The number of nitrogens with one attached hydrogen (secondary N) is 1. The number of carbonyl (C=O) groups excluding carboxylic acids is 1. The molecular formula is C17H25N7O. The summed E-state index contributed by atoms with van der Waals surface area (Å²) < 4.78 is 3.95. The first kappa shape index (κ1) is 17.3. The van der Waals surface area contributed by atoms with E-state index >= 15 is 0 Å². The van der Waals surface area contributed by atoms with Gasteiger partial charge in [-0.3, -0.25) is 4.79 Å². The number of aromatic nitrogens is 6. The topological polar surface area (TPSA) is 90.0 Å². The van der Waals surface area contributed by atoms with Gasteiger partial charge in [-0.15, -0.1) is 5.10 Å². The van der Waals surface area contributed by atoms with Crippen LogP contribution in [0.15, 0.2) is 0 Å². The van der Waals surface area contributed by atoms with E-state index in [1.165, 1.54) is 0 Å². The van der Waals surface area contributed by atoms with Crippen molar-refractivity contribution in [1.29, 1.82) is 0 Å². The van der Waals surface area contributed by atoms with Gasteiger partial charge < -0.3 is 9.88 Å². The molecule has 1 N–H and O–H groups in total. The van der Waals surface area contributed by atoms with Crippen LogP contribution in [0, 0.1) is 13.8 Å². The summed E-state index contributed by atoms with van der Waals surface area (Å²) in [6.45, 7) is 12.4. The zero-order valence-electron chi connectivity index (χ0n) is 15.7. The summed E-state index contributed by atoms with van der Waals surface area (Å²) in [7, 11) is 0. The van der Waals surface area contributed by atoms with Crippen LogP contribution in [0.5, 0.6) is 0 Å². The van der Waals surface area contributed by atoms with Crippen LogP contribution in [-0.2, 0) is 17.8 Å². The van der Waals surface area contributed by atoms with E-state index < -0.39 is 0 Å². The summed E-state index contributed by atoms with van der Waals surface area (Å²) in [6.07, 6.45) is 1.85. The SMILES string of the molecule is CCCc1nc2c(c(C)c(C)n3nnnc23)n1CC(C)(C)NC(C)=O. The first-order valence-electron chi connectivity index (χ1n) is 8.60. The van der Waals surface area contributed by atoms with E-state index in [1.807, 2.05) is 20.8 Å². The van der Waals surface area contributed by atoms with E-state index in [0.29, 0.717) is 12.2 Å². The number of pyridine rings is 1. The quantitative estimate of drug-likeness (QED) is 0.765. The fourth-order valence-corrected chi connectivity index (χ4v) is 3.42. The van der Waals surface area contributed by atoms with Gasteiger partial charge in [-0.05, 0) is 50.1 Å². The second-order valence-corrected chi connectivity index (χ2v) is 7.25. The Bertz CT molecular complexity index is 951. The molecule has 0 unspecified atom stereocenters. The molecule has 3 aromatic heterocycles. The van der Waals surface area contributed by atoms with Crippen LogP contribution in [0.3, 0.4) is 0 Å². The highest BCUT2D eigenvalue weighted by molar-refractivity contribution is 5.91. The van der Waals surface area contributed by atoms with Crippen LogP contribution < -0.4 is 5.32 Å². The molecular weight excluding hydrogens is 318 g/mol. The number of carbonyl (C=O) groups is 1. The average Bonchev–Trinajstić information content (AvgIpc) is 3.09. The van der Waals surface area contributed by atoms with Crippen LogP contribution in [0.4, 0.5) is 0 Å². The van der Waals surface area contributed by atoms with Crippen LogP contribution in [-0.4, -0.2) is 41.0 Å². The summed E-state index contributed by atoms with van der Waals surface area (Å²) in [6, 6.07) is 0. The van der Waals surface area contributed by atoms with Crippen molar-refractivity contribution in [3.05, 3.63) is 17.1 Å². The highest BCUT2D eigenvalue weighted by Crippen LogP contribution is 2.27. The van der Waals surface area contributed by atoms with Crippen molar-refractivity contribution < 1.29 is 4.79 Å². The van der Waals surface area contributed by atoms with Crippen LogP contribution in [0.2, 0.25) is 0 Å². The molecule has 0 bridgehead atoms. The van der Waals surface area contributed by atoms with Gasteiger partial charge in [0.1, 0.15) is 11.3 Å². The van der Waals surface area contributed by atoms with Crippen molar-refractivity contribution in [2.24, 2.45) is 0 Å². The molecule has 0 aliphatic rings. The third-order valence-corrected chi connectivity index (χ3v) is 4.49. The molecule has 8 nitrogen and oxygen atoms in total. The molecule has 134 valence electrons. The Balaban J connectivity index is 2.26. The number of rotatable bonds is 5. The molecule has 0 aliphatic heterocycles. The van der Waals surface area contributed by atoms with Gasteiger partial charge in [0.15, 0.2) is 0 Å². The lowest BCUT2D eigenvalue weighted by Gasteiger charge is -2.27. The molecule has 0 atom stereocenters. The molecule has 8 heteroatoms. The molecule has 0 saturated carbocycles. The van der Waals surface area contributed by atoms with Crippen molar-refractivity contribution >= 4 is 22.6 Å². The Morgan fingerprint density at radius 2 is 2.00 bits per heavy atom. The summed E-state index contributed by atoms with van der Waals surface area (Å²) in [5.74, 6) is 0.956. The predicted octanol–water partition coefficient (Wildman–Crippen LogP) is 1.96. The maximum atomic E-state index is 11.6. The van der Waals surface area contributed by atoms with Gasteiger partial charge in [-0.1, -0.05) is 6.92 Å². The van der Waals surface area contributed by atoms with E-state index in [9.17, 15) is 4.79 Å². The molecule has 3 aromatic rings. The fraction of sp³-hybridized carbons (Fsp3) is 0.588. The number of fused-ring (bicyclic) bond motifs is 3. The summed E-state index contributed by atoms with van der Waals surface area (Å²) in [5, 5.41) is 15.1. The minimum Gasteiger partial charge on any atom is -0.350 e. The maximum Gasteiger partial charge on any atom is 0.217 e. The van der Waals surface area contributed by atoms with Crippen molar-refractivity contribution in [3.63, 3.8) is 0 Å². The van der Waals surface area contributed by atoms with E-state index in [0.717, 1.165) is 41.0 Å². The molecule has 0 aromatic carbocycles. The number of imidazole rings is 1. The van der Waals surface area contributed by atoms with Crippen molar-refractivity contribution in [1.82, 2.24) is 34.9 Å². The largest absolute Gasteiger partial charge is 0.350 e. The Hall–Kier alpha value is -2.51. The van der Waals surface area contributed by atoms with E-state index in [-0.39, 0.29) is 11.4 Å². The van der Waals surface area contributed by atoms with E-state index in [1.54, 1.807) is 11.4 Å². The second kappa shape index (κ2) is 6.09. The van der Waals surface area contributed by atoms with Crippen molar-refractivity contribution in [2.45, 2.75) is 66.5 Å². The van der Waals surface area contributed by atoms with Gasteiger partial charge in [-0.2, -0.15) is 4.52 Å². The molecule has 3 rings (SSSR count). The molecule has 0 saturated heterocycles. The molecule has 0 radical (unpaired) electrons. The van der Waals surface area contributed by atoms with Gasteiger partial charge in [0.05, 0.1) is 11.1 Å². The standard InChI is InChI=1S/C17H25N7O/c1-7-8-13-18-14-15(23(13)9-17(5,6)19-12(4)25)10(2)11(3)24-16(14)20-21-22-24/h7-9H2,1-6H3,(H,19,25). The van der Waals surface area contributed by atoms with Crippen LogP contribution in [0.25, 0.3) is 16.7 Å². The molecule has 3 heterocycles. The molecule has 0 spiro atoms. The van der Waals surface area contributed by atoms with Gasteiger partial charge in [0, 0.05) is 25.6 Å². The first-order chi connectivity index (χ1) is 11.7. The summed E-state index contributed by atoms with van der Waals surface area (Å²) >= 11 is 0. The Morgan fingerprint density at radius 1 is 1.28 bits per heavy atom. The average molecular weight is 343 g/mol. The maximum absolute atomic E-state index is 11.6. The van der Waals surface area contributed by atoms with Gasteiger partial charge in [-0.25, -0.2) is 4.98 Å². The minimum atomic E-state index is -0.389. The number of amides is 1. The fourth-order valence-electron chi connectivity index (χ4n) is 3.42. The van der Waals surface area contributed by atoms with Gasteiger partial charge in [0.2, 0.25) is 11.6 Å². The highest BCUT2D eigenvalue weighted by atomic mass is 16.1. The zero-order valence-corrected chi connectivity index (χ0v) is 15.7. The lowest BCUT2D eigenvalue weighted by atomic mass is 10.0. The van der Waals surface area contributed by atoms with Gasteiger partial charge >= 0.3 is 0 Å². The monoisotopic (exact) mass is 343 g/mol. The van der Waals surface area contributed by atoms with Gasteiger partial charge in [0.25, 0.3) is 0 Å². The number of nitrogens with zero attached hydrogens (tertiary/aromatic N) is 6. The first-order valence-corrected chi connectivity index (χ1v) is 8.60. The van der Waals surface area contributed by atoms with Crippen LogP contribution in [0.1, 0.15) is 51.2 Å². The van der Waals surface area contributed by atoms with E-state index in [2.05, 4.69) is 39.3 Å². The molecule has 0 fully saturated rings. The number of tetrazole rings is 1. The Labute approximate surface area is 146 Å². The molecule has 1 amide bonds. The number of hydrogen-bond donors (Lipinski definition) is 1. The molecule has 0 aliphatic carbocycles. The predicted molar refractivity (Wildman–Crippen MR) is 95.4 cm³/mol. The summed E-state index contributed by atoms with van der Waals surface area (Å²) in [4.78, 5) is 16.4. The molecule has 25 heavy (non-hydrogen) atoms. The van der Waals surface area contributed by atoms with Crippen molar-refractivity contribution in [3.8, 4) is 0 Å². The number of aryl methyl sites for hydroxylation is 3. The minimum absolute atomic E-state index is 0.0385. The van der Waals surface area contributed by atoms with Crippen LogP contribution >= 0.6 is 0 Å². The number of hydrogen-bond acceptors (Lipinski definition) is 5. The lowest BCUT2D eigenvalue weighted by Crippen LogP contribution is -2.45. The normalized spacial score (nSPS) is 12.2. The van der Waals surface area contributed by atoms with Crippen molar-refractivity contribution in [2.75, 3.05) is 0 Å². The van der Waals surface area contributed by atoms with E-state index in [4.69, 9.17) is 4.98 Å². The zero-order chi connectivity index (χ0) is 18.4. The Morgan fingerprint density at radius 3 is 2.64 bits per heavy atom. The second-order valence-electron chi connectivity index (χ2n) is 7.25. The third kappa shape index (κ3) is 2.96. The highest BCUT2D eigenvalue weighted by Gasteiger charge is 2.25. The summed E-state index contributed by atoms with van der Waals surface area (Å²) in [5.41, 5.74) is 4.24.